The van der Waals surface area contributed by atoms with E-state index in [2.05, 4.69) is 5.32 Å². The molecular weight excluding hydrogens is 404 g/mol. The van der Waals surface area contributed by atoms with Crippen molar-refractivity contribution in [1.82, 2.24) is 4.90 Å². The second-order valence-electron chi connectivity index (χ2n) is 7.15. The molecule has 0 unspecified atom stereocenters. The number of carbonyl (C=O) groups is 2. The Morgan fingerprint density at radius 2 is 1.93 bits per heavy atom. The van der Waals surface area contributed by atoms with Crippen LogP contribution in [-0.2, 0) is 4.79 Å². The molecule has 30 heavy (non-hydrogen) atoms. The number of rotatable bonds is 6. The second kappa shape index (κ2) is 9.13. The molecule has 0 spiro atoms. The quantitative estimate of drug-likeness (QED) is 0.623. The van der Waals surface area contributed by atoms with Crippen LogP contribution in [0.4, 0.5) is 5.69 Å². The number of aryl methyl sites for hydroxylation is 1. The van der Waals surface area contributed by atoms with Crippen LogP contribution in [-0.4, -0.2) is 29.3 Å². The molecule has 2 aromatic carbocycles. The molecule has 1 heterocycles. The van der Waals surface area contributed by atoms with E-state index in [1.165, 1.54) is 11.0 Å². The van der Waals surface area contributed by atoms with Crippen molar-refractivity contribution in [2.24, 2.45) is 0 Å². The van der Waals surface area contributed by atoms with Gasteiger partial charge in [0.25, 0.3) is 5.91 Å². The monoisotopic (exact) mass is 426 g/mol. The van der Waals surface area contributed by atoms with Gasteiger partial charge in [-0.2, -0.15) is 0 Å². The van der Waals surface area contributed by atoms with Gasteiger partial charge in [0.15, 0.2) is 11.2 Å². The fraction of sp³-hybridized carbons (Fsp3) is 0.261. The van der Waals surface area contributed by atoms with Crippen LogP contribution >= 0.6 is 11.6 Å². The Hall–Kier alpha value is -3.12. The molecule has 0 aliphatic rings. The summed E-state index contributed by atoms with van der Waals surface area (Å²) in [4.78, 5) is 39.8. The highest BCUT2D eigenvalue weighted by molar-refractivity contribution is 6.30. The molecule has 0 saturated heterocycles. The zero-order chi connectivity index (χ0) is 21.8. The Kier molecular flexibility index (Phi) is 6.57. The van der Waals surface area contributed by atoms with Crippen LogP contribution in [0.15, 0.2) is 57.7 Å². The van der Waals surface area contributed by atoms with Crippen LogP contribution in [0, 0.1) is 6.92 Å². The first-order chi connectivity index (χ1) is 14.3. The third-order valence-electron chi connectivity index (χ3n) is 4.76. The van der Waals surface area contributed by atoms with Crippen LogP contribution in [0.25, 0.3) is 11.0 Å². The van der Waals surface area contributed by atoms with Crippen molar-refractivity contribution >= 4 is 40.1 Å². The molecule has 2 amide bonds. The zero-order valence-electron chi connectivity index (χ0n) is 17.1. The van der Waals surface area contributed by atoms with Gasteiger partial charge in [-0.3, -0.25) is 14.4 Å². The van der Waals surface area contributed by atoms with Crippen molar-refractivity contribution in [3.8, 4) is 0 Å². The second-order valence-corrected chi connectivity index (χ2v) is 7.59. The number of anilines is 1. The molecule has 0 aliphatic heterocycles. The van der Waals surface area contributed by atoms with Crippen molar-refractivity contribution in [3.05, 3.63) is 75.1 Å². The van der Waals surface area contributed by atoms with E-state index in [0.717, 1.165) is 5.56 Å². The Labute approximate surface area is 179 Å². The zero-order valence-corrected chi connectivity index (χ0v) is 17.8. The maximum atomic E-state index is 13.1. The highest BCUT2D eigenvalue weighted by atomic mass is 35.5. The molecule has 0 radical (unpaired) electrons. The molecule has 1 N–H and O–H groups in total. The number of nitrogens with zero attached hydrogens (tertiary/aromatic N) is 1. The fourth-order valence-electron chi connectivity index (χ4n) is 3.18. The SMILES string of the molecule is CCCN(C(=O)c1cc(=O)c2cc(C)ccc2o1)[C@H](C)C(=O)Nc1cccc(Cl)c1. The maximum absolute atomic E-state index is 13.1. The van der Waals surface area contributed by atoms with Gasteiger partial charge >= 0.3 is 0 Å². The summed E-state index contributed by atoms with van der Waals surface area (Å²) in [5.74, 6) is -0.963. The van der Waals surface area contributed by atoms with E-state index < -0.39 is 11.9 Å². The Bertz CT molecular complexity index is 1160. The van der Waals surface area contributed by atoms with Gasteiger partial charge in [-0.1, -0.05) is 36.2 Å². The predicted octanol–water partition coefficient (Wildman–Crippen LogP) is 4.63. The Morgan fingerprint density at radius 3 is 2.63 bits per heavy atom. The molecule has 0 fully saturated rings. The summed E-state index contributed by atoms with van der Waals surface area (Å²) in [6, 6.07) is 12.4. The van der Waals surface area contributed by atoms with Crippen LogP contribution in [0.1, 0.15) is 36.4 Å². The van der Waals surface area contributed by atoms with E-state index in [1.54, 1.807) is 43.3 Å². The molecule has 0 aliphatic carbocycles. The van der Waals surface area contributed by atoms with E-state index in [0.29, 0.717) is 34.6 Å². The standard InChI is InChI=1S/C23H23ClN2O4/c1-4-10-26(15(3)22(28)25-17-7-5-6-16(24)12-17)23(29)21-13-19(27)18-11-14(2)8-9-20(18)30-21/h5-9,11-13,15H,4,10H2,1-3H3,(H,25,28)/t15-/m1/s1. The largest absolute Gasteiger partial charge is 0.451 e. The summed E-state index contributed by atoms with van der Waals surface area (Å²) >= 11 is 5.97. The molecular formula is C23H23ClN2O4. The molecule has 3 aromatic rings. The fourth-order valence-corrected chi connectivity index (χ4v) is 3.37. The molecule has 156 valence electrons. The highest BCUT2D eigenvalue weighted by Gasteiger charge is 2.28. The lowest BCUT2D eigenvalue weighted by Crippen LogP contribution is -2.46. The first kappa shape index (κ1) is 21.6. The molecule has 1 atom stereocenters. The Balaban J connectivity index is 1.88. The highest BCUT2D eigenvalue weighted by Crippen LogP contribution is 2.18. The molecule has 1 aromatic heterocycles. The van der Waals surface area contributed by atoms with E-state index >= 15 is 0 Å². The average molecular weight is 427 g/mol. The van der Waals surface area contributed by atoms with Crippen molar-refractivity contribution in [1.29, 1.82) is 0 Å². The van der Waals surface area contributed by atoms with Gasteiger partial charge in [0.05, 0.1) is 5.39 Å². The van der Waals surface area contributed by atoms with Gasteiger partial charge in [-0.15, -0.1) is 0 Å². The van der Waals surface area contributed by atoms with Crippen molar-refractivity contribution < 1.29 is 14.0 Å². The number of hydrogen-bond donors (Lipinski definition) is 1. The smallest absolute Gasteiger partial charge is 0.290 e. The summed E-state index contributed by atoms with van der Waals surface area (Å²) in [5, 5.41) is 3.68. The minimum absolute atomic E-state index is 0.0905. The summed E-state index contributed by atoms with van der Waals surface area (Å²) in [6.45, 7) is 5.75. The summed E-state index contributed by atoms with van der Waals surface area (Å²) in [7, 11) is 0. The van der Waals surface area contributed by atoms with Crippen LogP contribution < -0.4 is 10.7 Å². The van der Waals surface area contributed by atoms with Gasteiger partial charge < -0.3 is 14.6 Å². The first-order valence-electron chi connectivity index (χ1n) is 9.72. The van der Waals surface area contributed by atoms with Crippen LogP contribution in [0.5, 0.6) is 0 Å². The van der Waals surface area contributed by atoms with Crippen molar-refractivity contribution in [2.75, 3.05) is 11.9 Å². The third kappa shape index (κ3) is 4.71. The van der Waals surface area contributed by atoms with E-state index in [1.807, 2.05) is 19.9 Å². The molecule has 7 heteroatoms. The average Bonchev–Trinajstić information content (AvgIpc) is 2.71. The minimum Gasteiger partial charge on any atom is -0.451 e. The van der Waals surface area contributed by atoms with Crippen LogP contribution in [0.2, 0.25) is 5.02 Å². The topological polar surface area (TPSA) is 79.6 Å². The molecule has 6 nitrogen and oxygen atoms in total. The summed E-state index contributed by atoms with van der Waals surface area (Å²) in [6.07, 6.45) is 0.636. The normalized spacial score (nSPS) is 11.9. The molecule has 3 rings (SSSR count). The maximum Gasteiger partial charge on any atom is 0.290 e. The number of hydrogen-bond acceptors (Lipinski definition) is 4. The van der Waals surface area contributed by atoms with E-state index in [9.17, 15) is 14.4 Å². The lowest BCUT2D eigenvalue weighted by Gasteiger charge is -2.27. The number of amides is 2. The molecule has 0 bridgehead atoms. The number of nitrogens with one attached hydrogen (secondary N) is 1. The van der Waals surface area contributed by atoms with Crippen LogP contribution in [0.3, 0.4) is 0 Å². The van der Waals surface area contributed by atoms with E-state index in [4.69, 9.17) is 16.0 Å². The van der Waals surface area contributed by atoms with Gasteiger partial charge in [-0.05, 0) is 50.6 Å². The molecule has 0 saturated carbocycles. The lowest BCUT2D eigenvalue weighted by molar-refractivity contribution is -0.120. The number of fused-ring (bicyclic) bond motifs is 1. The summed E-state index contributed by atoms with van der Waals surface area (Å²) in [5.41, 5.74) is 1.50. The van der Waals surface area contributed by atoms with Gasteiger partial charge in [0.2, 0.25) is 5.91 Å². The van der Waals surface area contributed by atoms with Crippen molar-refractivity contribution in [3.63, 3.8) is 0 Å². The lowest BCUT2D eigenvalue weighted by atomic mass is 10.1. The third-order valence-corrected chi connectivity index (χ3v) is 4.99. The number of halogens is 1. The van der Waals surface area contributed by atoms with Gasteiger partial charge in [-0.25, -0.2) is 0 Å². The minimum atomic E-state index is -0.782. The summed E-state index contributed by atoms with van der Waals surface area (Å²) < 4.78 is 5.71. The predicted molar refractivity (Wildman–Crippen MR) is 118 cm³/mol. The Morgan fingerprint density at radius 1 is 1.17 bits per heavy atom. The first-order valence-corrected chi connectivity index (χ1v) is 10.1. The van der Waals surface area contributed by atoms with Gasteiger partial charge in [0, 0.05) is 23.3 Å². The van der Waals surface area contributed by atoms with Gasteiger partial charge in [0.1, 0.15) is 11.6 Å². The number of carbonyl (C=O) groups excluding carboxylic acids is 2. The van der Waals surface area contributed by atoms with E-state index in [-0.39, 0.29) is 17.1 Å². The van der Waals surface area contributed by atoms with Crippen molar-refractivity contribution in [2.45, 2.75) is 33.2 Å². The number of benzene rings is 2.